The maximum atomic E-state index is 12.4. The first-order chi connectivity index (χ1) is 11.6. The third-order valence-corrected chi connectivity index (χ3v) is 4.10. The van der Waals surface area contributed by atoms with Gasteiger partial charge in [0.15, 0.2) is 0 Å². The summed E-state index contributed by atoms with van der Waals surface area (Å²) in [5, 5.41) is 14.0. The number of methoxy groups -OCH3 is 1. The maximum Gasteiger partial charge on any atom is 0.255 e. The molecule has 0 saturated carbocycles. The molecule has 0 bridgehead atoms. The van der Waals surface area contributed by atoms with E-state index < -0.39 is 0 Å². The average Bonchev–Trinajstić information content (AvgIpc) is 3.10. The Morgan fingerprint density at radius 3 is 2.75 bits per heavy atom. The molecule has 3 aromatic rings. The van der Waals surface area contributed by atoms with Crippen molar-refractivity contribution in [3.8, 4) is 11.4 Å². The fourth-order valence-electron chi connectivity index (χ4n) is 2.22. The van der Waals surface area contributed by atoms with Crippen molar-refractivity contribution in [1.29, 1.82) is 0 Å². The topological polar surface area (TPSA) is 81.9 Å². The third kappa shape index (κ3) is 3.28. The van der Waals surface area contributed by atoms with Crippen molar-refractivity contribution in [3.05, 3.63) is 58.3 Å². The Bertz CT molecular complexity index is 880. The second-order valence-electron chi connectivity index (χ2n) is 5.06. The number of nitrogens with zero attached hydrogens (tertiary/aromatic N) is 4. The number of aryl methyl sites for hydroxylation is 1. The van der Waals surface area contributed by atoms with Crippen LogP contribution >= 0.6 is 15.9 Å². The number of carbonyl (C=O) groups excluding carboxylic acids is 1. The van der Waals surface area contributed by atoms with Crippen LogP contribution in [0.2, 0.25) is 0 Å². The monoisotopic (exact) mass is 387 g/mol. The van der Waals surface area contributed by atoms with Crippen molar-refractivity contribution in [1.82, 2.24) is 20.2 Å². The van der Waals surface area contributed by atoms with Crippen molar-refractivity contribution >= 4 is 27.5 Å². The second-order valence-corrected chi connectivity index (χ2v) is 5.91. The first-order valence-corrected chi connectivity index (χ1v) is 7.86. The summed E-state index contributed by atoms with van der Waals surface area (Å²) in [6.07, 6.45) is 1.51. The molecule has 1 aromatic heterocycles. The van der Waals surface area contributed by atoms with E-state index in [1.807, 2.05) is 25.1 Å². The zero-order chi connectivity index (χ0) is 17.1. The number of amides is 1. The fourth-order valence-corrected chi connectivity index (χ4v) is 2.76. The molecule has 122 valence electrons. The molecule has 0 aliphatic heterocycles. The molecule has 1 N–H and O–H groups in total. The van der Waals surface area contributed by atoms with Gasteiger partial charge in [0.05, 0.1) is 17.3 Å². The highest BCUT2D eigenvalue weighted by Gasteiger charge is 2.11. The Morgan fingerprint density at radius 1 is 1.25 bits per heavy atom. The van der Waals surface area contributed by atoms with Gasteiger partial charge < -0.3 is 10.1 Å². The van der Waals surface area contributed by atoms with Crippen molar-refractivity contribution in [2.45, 2.75) is 6.92 Å². The van der Waals surface area contributed by atoms with E-state index in [2.05, 4.69) is 36.8 Å². The SMILES string of the molecule is COc1ccc(C(=O)Nc2ccc(C)c(-n3cnnn3)c2)cc1Br. The molecule has 1 amide bonds. The van der Waals surface area contributed by atoms with Crippen LogP contribution in [-0.4, -0.2) is 33.2 Å². The highest BCUT2D eigenvalue weighted by molar-refractivity contribution is 9.10. The van der Waals surface area contributed by atoms with Crippen molar-refractivity contribution in [2.24, 2.45) is 0 Å². The van der Waals surface area contributed by atoms with Gasteiger partial charge in [-0.15, -0.1) is 5.10 Å². The quantitative estimate of drug-likeness (QED) is 0.743. The zero-order valence-corrected chi connectivity index (χ0v) is 14.6. The molecule has 0 unspecified atom stereocenters. The summed E-state index contributed by atoms with van der Waals surface area (Å²) in [7, 11) is 1.58. The predicted molar refractivity (Wildman–Crippen MR) is 92.5 cm³/mol. The van der Waals surface area contributed by atoms with Gasteiger partial charge in [-0.3, -0.25) is 4.79 Å². The molecular weight excluding hydrogens is 374 g/mol. The van der Waals surface area contributed by atoms with E-state index in [0.717, 1.165) is 15.7 Å². The molecule has 1 heterocycles. The van der Waals surface area contributed by atoms with Gasteiger partial charge in [0, 0.05) is 11.3 Å². The molecule has 7 nitrogen and oxygen atoms in total. The van der Waals surface area contributed by atoms with Crippen molar-refractivity contribution in [3.63, 3.8) is 0 Å². The van der Waals surface area contributed by atoms with Gasteiger partial charge in [0.1, 0.15) is 12.1 Å². The molecular formula is C16H14BrN5O2. The fraction of sp³-hybridized carbons (Fsp3) is 0.125. The van der Waals surface area contributed by atoms with E-state index >= 15 is 0 Å². The molecule has 0 atom stereocenters. The number of carbonyl (C=O) groups is 1. The lowest BCUT2D eigenvalue weighted by Gasteiger charge is -2.10. The van der Waals surface area contributed by atoms with E-state index in [1.54, 1.807) is 30.0 Å². The Hall–Kier alpha value is -2.74. The first kappa shape index (κ1) is 16.1. The van der Waals surface area contributed by atoms with Crippen LogP contribution in [0.3, 0.4) is 0 Å². The van der Waals surface area contributed by atoms with Crippen LogP contribution in [0, 0.1) is 6.92 Å². The minimum Gasteiger partial charge on any atom is -0.496 e. The number of anilines is 1. The van der Waals surface area contributed by atoms with Gasteiger partial charge in [-0.05, 0) is 69.2 Å². The smallest absolute Gasteiger partial charge is 0.255 e. The first-order valence-electron chi connectivity index (χ1n) is 7.07. The largest absolute Gasteiger partial charge is 0.496 e. The van der Waals surface area contributed by atoms with Crippen molar-refractivity contribution < 1.29 is 9.53 Å². The molecule has 0 saturated heterocycles. The maximum absolute atomic E-state index is 12.4. The van der Waals surface area contributed by atoms with E-state index in [1.165, 1.54) is 6.33 Å². The molecule has 8 heteroatoms. The lowest BCUT2D eigenvalue weighted by molar-refractivity contribution is 0.102. The number of tetrazole rings is 1. The van der Waals surface area contributed by atoms with E-state index in [0.29, 0.717) is 17.0 Å². The molecule has 0 aliphatic rings. The number of aromatic nitrogens is 4. The minimum atomic E-state index is -0.218. The number of ether oxygens (including phenoxy) is 1. The van der Waals surface area contributed by atoms with Gasteiger partial charge in [-0.2, -0.15) is 0 Å². The standard InChI is InChI=1S/C16H14BrN5O2/c1-10-3-5-12(8-14(10)22-9-18-20-21-22)19-16(23)11-4-6-15(24-2)13(17)7-11/h3-9H,1-2H3,(H,19,23). The van der Waals surface area contributed by atoms with Crippen LogP contribution in [0.5, 0.6) is 5.75 Å². The van der Waals surface area contributed by atoms with Gasteiger partial charge in [0.25, 0.3) is 5.91 Å². The number of halogens is 1. The normalized spacial score (nSPS) is 10.5. The lowest BCUT2D eigenvalue weighted by Crippen LogP contribution is -2.12. The summed E-state index contributed by atoms with van der Waals surface area (Å²) in [5.74, 6) is 0.452. The van der Waals surface area contributed by atoms with Gasteiger partial charge in [0.2, 0.25) is 0 Å². The number of hydrogen-bond acceptors (Lipinski definition) is 5. The van der Waals surface area contributed by atoms with E-state index in [9.17, 15) is 4.79 Å². The second kappa shape index (κ2) is 6.79. The molecule has 2 aromatic carbocycles. The Morgan fingerprint density at radius 2 is 2.08 bits per heavy atom. The summed E-state index contributed by atoms with van der Waals surface area (Å²) < 4.78 is 7.44. The molecule has 24 heavy (non-hydrogen) atoms. The van der Waals surface area contributed by atoms with Crippen LogP contribution in [0.1, 0.15) is 15.9 Å². The number of nitrogens with one attached hydrogen (secondary N) is 1. The van der Waals surface area contributed by atoms with Gasteiger partial charge in [-0.25, -0.2) is 4.68 Å². The average molecular weight is 388 g/mol. The Balaban J connectivity index is 1.85. The molecule has 0 radical (unpaired) electrons. The number of hydrogen-bond donors (Lipinski definition) is 1. The minimum absolute atomic E-state index is 0.218. The summed E-state index contributed by atoms with van der Waals surface area (Å²) in [4.78, 5) is 12.4. The highest BCUT2D eigenvalue weighted by atomic mass is 79.9. The van der Waals surface area contributed by atoms with Crippen molar-refractivity contribution in [2.75, 3.05) is 12.4 Å². The van der Waals surface area contributed by atoms with Crippen LogP contribution < -0.4 is 10.1 Å². The van der Waals surface area contributed by atoms with Crippen LogP contribution in [-0.2, 0) is 0 Å². The zero-order valence-electron chi connectivity index (χ0n) is 13.0. The highest BCUT2D eigenvalue weighted by Crippen LogP contribution is 2.26. The van der Waals surface area contributed by atoms with Crippen LogP contribution in [0.25, 0.3) is 5.69 Å². The third-order valence-electron chi connectivity index (χ3n) is 3.48. The summed E-state index contributed by atoms with van der Waals surface area (Å²) in [6.45, 7) is 1.95. The Kier molecular flexibility index (Phi) is 4.57. The van der Waals surface area contributed by atoms with Crippen LogP contribution in [0.4, 0.5) is 5.69 Å². The van der Waals surface area contributed by atoms with Gasteiger partial charge >= 0.3 is 0 Å². The predicted octanol–water partition coefficient (Wildman–Crippen LogP) is 2.99. The van der Waals surface area contributed by atoms with Gasteiger partial charge in [-0.1, -0.05) is 6.07 Å². The molecule has 0 aliphatic carbocycles. The lowest BCUT2D eigenvalue weighted by atomic mass is 10.1. The Labute approximate surface area is 146 Å². The summed E-state index contributed by atoms with van der Waals surface area (Å²) in [6, 6.07) is 10.7. The molecule has 0 spiro atoms. The van der Waals surface area contributed by atoms with Crippen LogP contribution in [0.15, 0.2) is 47.2 Å². The summed E-state index contributed by atoms with van der Waals surface area (Å²) >= 11 is 3.38. The van der Waals surface area contributed by atoms with E-state index in [-0.39, 0.29) is 5.91 Å². The number of benzene rings is 2. The summed E-state index contributed by atoms with van der Waals surface area (Å²) in [5.41, 5.74) is 2.97. The molecule has 0 fully saturated rings. The van der Waals surface area contributed by atoms with E-state index in [4.69, 9.17) is 4.74 Å². The molecule has 3 rings (SSSR count). The number of rotatable bonds is 4.